The summed E-state index contributed by atoms with van der Waals surface area (Å²) < 4.78 is 5.00. The summed E-state index contributed by atoms with van der Waals surface area (Å²) in [5, 5.41) is 7.93. The van der Waals surface area contributed by atoms with Crippen LogP contribution >= 0.6 is 0 Å². The van der Waals surface area contributed by atoms with Gasteiger partial charge in [-0.15, -0.1) is 0 Å². The third-order valence-corrected chi connectivity index (χ3v) is 8.06. The molecule has 3 N–H and O–H groups in total. The van der Waals surface area contributed by atoms with Crippen molar-refractivity contribution in [3.05, 3.63) is 72.3 Å². The number of anilines is 2. The number of rotatable bonds is 9. The van der Waals surface area contributed by atoms with Crippen LogP contribution in [0, 0.1) is 23.2 Å². The number of ether oxygens (including phenoxy) is 1. The molecule has 0 heterocycles. The lowest BCUT2D eigenvalue weighted by atomic mass is 9.48. The Morgan fingerprint density at radius 2 is 1.61 bits per heavy atom. The predicted molar refractivity (Wildman–Crippen MR) is 144 cm³/mol. The number of carbonyl (C=O) groups is 4. The topological polar surface area (TPSA) is 114 Å². The molecule has 38 heavy (non-hydrogen) atoms. The largest absolute Gasteiger partial charge is 0.458 e. The summed E-state index contributed by atoms with van der Waals surface area (Å²) in [7, 11) is 0. The first-order chi connectivity index (χ1) is 18.3. The zero-order valence-corrected chi connectivity index (χ0v) is 21.3. The summed E-state index contributed by atoms with van der Waals surface area (Å²) in [6, 6.07) is 12.8. The number of amides is 3. The average molecular weight is 516 g/mol. The SMILES string of the molecule is C=CCOC(=O)c1cccc(NC(=O)NCC(=O)Nc2ccccc2C(=O)C23CC4CC(CC(C4)C2)C3)c1. The number of benzene rings is 2. The van der Waals surface area contributed by atoms with Gasteiger partial charge < -0.3 is 20.7 Å². The zero-order valence-electron chi connectivity index (χ0n) is 21.3. The van der Waals surface area contributed by atoms with Crippen molar-refractivity contribution in [1.82, 2.24) is 5.32 Å². The van der Waals surface area contributed by atoms with Gasteiger partial charge in [-0.3, -0.25) is 9.59 Å². The molecule has 2 aromatic carbocycles. The van der Waals surface area contributed by atoms with Gasteiger partial charge in [0.05, 0.1) is 17.8 Å². The minimum absolute atomic E-state index is 0.0867. The minimum atomic E-state index is -0.602. The van der Waals surface area contributed by atoms with E-state index < -0.39 is 17.9 Å². The van der Waals surface area contributed by atoms with Crippen molar-refractivity contribution in [1.29, 1.82) is 0 Å². The number of Topliss-reactive ketones (excluding diaryl/α,β-unsaturated/α-hetero) is 1. The summed E-state index contributed by atoms with van der Waals surface area (Å²) in [6.07, 6.45) is 8.09. The van der Waals surface area contributed by atoms with Crippen LogP contribution < -0.4 is 16.0 Å². The van der Waals surface area contributed by atoms with Crippen molar-refractivity contribution in [2.75, 3.05) is 23.8 Å². The van der Waals surface area contributed by atoms with Crippen LogP contribution in [0.25, 0.3) is 0 Å². The molecule has 0 saturated heterocycles. The summed E-state index contributed by atoms with van der Waals surface area (Å²) in [6.45, 7) is 3.30. The van der Waals surface area contributed by atoms with Crippen LogP contribution in [0.5, 0.6) is 0 Å². The van der Waals surface area contributed by atoms with Gasteiger partial charge in [0.15, 0.2) is 5.78 Å². The van der Waals surface area contributed by atoms with Crippen LogP contribution in [0.4, 0.5) is 16.2 Å². The Kier molecular flexibility index (Phi) is 7.31. The molecule has 4 aliphatic carbocycles. The number of hydrogen-bond donors (Lipinski definition) is 3. The van der Waals surface area contributed by atoms with Crippen molar-refractivity contribution in [3.63, 3.8) is 0 Å². The number of hydrogen-bond acceptors (Lipinski definition) is 5. The highest BCUT2D eigenvalue weighted by molar-refractivity contribution is 6.08. The second kappa shape index (κ2) is 10.8. The quantitative estimate of drug-likeness (QED) is 0.242. The highest BCUT2D eigenvalue weighted by atomic mass is 16.5. The molecule has 0 spiro atoms. The standard InChI is InChI=1S/C30H33N3O5/c1-2-10-38-28(36)22-6-5-7-23(14-22)32-29(37)31-18-26(34)33-25-9-4-3-8-24(25)27(35)30-15-19-11-20(16-30)13-21(12-19)17-30/h2-9,14,19-21H,1,10-13,15-18H2,(H,33,34)(H2,31,32,37). The smallest absolute Gasteiger partial charge is 0.338 e. The molecule has 6 rings (SSSR count). The molecule has 8 nitrogen and oxygen atoms in total. The van der Waals surface area contributed by atoms with Gasteiger partial charge in [0.25, 0.3) is 0 Å². The van der Waals surface area contributed by atoms with Crippen LogP contribution in [-0.2, 0) is 9.53 Å². The van der Waals surface area contributed by atoms with E-state index in [0.717, 1.165) is 19.3 Å². The Morgan fingerprint density at radius 1 is 0.921 bits per heavy atom. The Labute approximate surface area is 222 Å². The molecule has 4 aliphatic rings. The predicted octanol–water partition coefficient (Wildman–Crippen LogP) is 5.19. The number of carbonyl (C=O) groups excluding carboxylic acids is 4. The second-order valence-electron chi connectivity index (χ2n) is 10.9. The van der Waals surface area contributed by atoms with Crippen molar-refractivity contribution < 1.29 is 23.9 Å². The van der Waals surface area contributed by atoms with Crippen LogP contribution in [0.2, 0.25) is 0 Å². The molecule has 4 bridgehead atoms. The molecule has 4 fully saturated rings. The number of ketones is 1. The number of urea groups is 1. The monoisotopic (exact) mass is 515 g/mol. The Bertz CT molecular complexity index is 1230. The van der Waals surface area contributed by atoms with E-state index in [1.165, 1.54) is 31.4 Å². The maximum atomic E-state index is 13.8. The zero-order chi connectivity index (χ0) is 26.7. The number of para-hydroxylation sites is 1. The molecule has 0 aliphatic heterocycles. The molecule has 2 aromatic rings. The van der Waals surface area contributed by atoms with Gasteiger partial charge in [0.1, 0.15) is 6.61 Å². The second-order valence-corrected chi connectivity index (χ2v) is 10.9. The average Bonchev–Trinajstić information content (AvgIpc) is 2.90. The first-order valence-electron chi connectivity index (χ1n) is 13.2. The molecular formula is C30H33N3O5. The van der Waals surface area contributed by atoms with E-state index in [2.05, 4.69) is 22.5 Å². The third kappa shape index (κ3) is 5.49. The van der Waals surface area contributed by atoms with E-state index in [9.17, 15) is 19.2 Å². The summed E-state index contributed by atoms with van der Waals surface area (Å²) in [5.74, 6) is 1.11. The first-order valence-corrected chi connectivity index (χ1v) is 13.2. The van der Waals surface area contributed by atoms with Crippen molar-refractivity contribution in [3.8, 4) is 0 Å². The van der Waals surface area contributed by atoms with E-state index >= 15 is 0 Å². The lowest BCUT2D eigenvalue weighted by Gasteiger charge is -2.56. The van der Waals surface area contributed by atoms with Gasteiger partial charge in [0.2, 0.25) is 5.91 Å². The van der Waals surface area contributed by atoms with E-state index in [-0.39, 0.29) is 29.9 Å². The Morgan fingerprint density at radius 3 is 2.29 bits per heavy atom. The molecule has 0 radical (unpaired) electrons. The maximum Gasteiger partial charge on any atom is 0.338 e. The van der Waals surface area contributed by atoms with Crippen LogP contribution in [-0.4, -0.2) is 36.8 Å². The first kappa shape index (κ1) is 25.7. The third-order valence-electron chi connectivity index (χ3n) is 8.06. The molecule has 4 saturated carbocycles. The van der Waals surface area contributed by atoms with Crippen LogP contribution in [0.15, 0.2) is 61.2 Å². The van der Waals surface area contributed by atoms with Crippen molar-refractivity contribution in [2.24, 2.45) is 23.2 Å². The summed E-state index contributed by atoms with van der Waals surface area (Å²) in [4.78, 5) is 50.9. The van der Waals surface area contributed by atoms with Gasteiger partial charge in [-0.05, 0) is 86.6 Å². The molecular weight excluding hydrogens is 482 g/mol. The lowest BCUT2D eigenvalue weighted by molar-refractivity contribution is -0.115. The van der Waals surface area contributed by atoms with Crippen LogP contribution in [0.1, 0.15) is 59.2 Å². The van der Waals surface area contributed by atoms with Crippen molar-refractivity contribution >= 4 is 35.1 Å². The van der Waals surface area contributed by atoms with Crippen molar-refractivity contribution in [2.45, 2.75) is 38.5 Å². The molecule has 0 aromatic heterocycles. The molecule has 0 unspecified atom stereocenters. The Balaban J connectivity index is 1.17. The van der Waals surface area contributed by atoms with Gasteiger partial charge >= 0.3 is 12.0 Å². The fourth-order valence-electron chi connectivity index (χ4n) is 6.94. The lowest BCUT2D eigenvalue weighted by Crippen LogP contribution is -2.50. The number of nitrogens with one attached hydrogen (secondary N) is 3. The maximum absolute atomic E-state index is 13.8. The Hall–Kier alpha value is -3.94. The molecule has 0 atom stereocenters. The van der Waals surface area contributed by atoms with Gasteiger partial charge in [0, 0.05) is 16.7 Å². The van der Waals surface area contributed by atoms with Gasteiger partial charge in [-0.25, -0.2) is 9.59 Å². The van der Waals surface area contributed by atoms with E-state index in [1.54, 1.807) is 36.4 Å². The highest BCUT2D eigenvalue weighted by Gasteiger charge is 2.54. The molecule has 3 amide bonds. The van der Waals surface area contributed by atoms with E-state index in [0.29, 0.717) is 34.7 Å². The summed E-state index contributed by atoms with van der Waals surface area (Å²) in [5.41, 5.74) is 1.38. The fraction of sp³-hybridized carbons (Fsp3) is 0.400. The van der Waals surface area contributed by atoms with Crippen LogP contribution in [0.3, 0.4) is 0 Å². The number of esters is 1. The highest BCUT2D eigenvalue weighted by Crippen LogP contribution is 2.61. The fourth-order valence-corrected chi connectivity index (χ4v) is 6.94. The molecule has 8 heteroatoms. The van der Waals surface area contributed by atoms with E-state index in [4.69, 9.17) is 4.74 Å². The van der Waals surface area contributed by atoms with Gasteiger partial charge in [-0.2, -0.15) is 0 Å². The normalized spacial score (nSPS) is 24.8. The molecule has 198 valence electrons. The minimum Gasteiger partial charge on any atom is -0.458 e. The van der Waals surface area contributed by atoms with E-state index in [1.807, 2.05) is 6.07 Å². The van der Waals surface area contributed by atoms with Gasteiger partial charge in [-0.1, -0.05) is 30.9 Å². The summed E-state index contributed by atoms with van der Waals surface area (Å²) >= 11 is 0.